The summed E-state index contributed by atoms with van der Waals surface area (Å²) in [5, 5.41) is 14.0. The van der Waals surface area contributed by atoms with Gasteiger partial charge in [0.2, 0.25) is 5.91 Å². The van der Waals surface area contributed by atoms with Crippen LogP contribution in [0, 0.1) is 0 Å². The Kier molecular flexibility index (Phi) is 5.81. The molecule has 27 heavy (non-hydrogen) atoms. The Morgan fingerprint density at radius 3 is 2.70 bits per heavy atom. The maximum absolute atomic E-state index is 12.9. The number of aryl methyl sites for hydroxylation is 1. The molecule has 0 aliphatic rings. The molecule has 0 aliphatic heterocycles. The molecule has 1 atom stereocenters. The number of carboxylic acids is 1. The number of hydrogen-bond donors (Lipinski definition) is 2. The van der Waals surface area contributed by atoms with Gasteiger partial charge in [0, 0.05) is 24.5 Å². The van der Waals surface area contributed by atoms with Crippen LogP contribution in [0.5, 0.6) is 0 Å². The third-order valence-electron chi connectivity index (χ3n) is 4.68. The van der Waals surface area contributed by atoms with Crippen molar-refractivity contribution in [3.8, 4) is 0 Å². The second-order valence-corrected chi connectivity index (χ2v) is 6.56. The minimum atomic E-state index is -0.825. The lowest BCUT2D eigenvalue weighted by Crippen LogP contribution is -2.20. The molecule has 3 rings (SSSR count). The molecular formula is C22H22N2O3. The van der Waals surface area contributed by atoms with Crippen LogP contribution in [-0.2, 0) is 16.0 Å². The Morgan fingerprint density at radius 2 is 1.89 bits per heavy atom. The lowest BCUT2D eigenvalue weighted by atomic mass is 9.94. The molecule has 0 spiro atoms. The summed E-state index contributed by atoms with van der Waals surface area (Å²) in [5.74, 6) is -1.25. The molecule has 2 N–H and O–H groups in total. The maximum atomic E-state index is 12.9. The summed E-state index contributed by atoms with van der Waals surface area (Å²) in [7, 11) is 0. The molecule has 0 radical (unpaired) electrons. The maximum Gasteiger partial charge on any atom is 0.303 e. The molecule has 0 bridgehead atoms. The van der Waals surface area contributed by atoms with E-state index in [0.717, 1.165) is 21.9 Å². The van der Waals surface area contributed by atoms with E-state index in [0.29, 0.717) is 18.5 Å². The molecule has 1 aromatic heterocycles. The Morgan fingerprint density at radius 1 is 1.11 bits per heavy atom. The van der Waals surface area contributed by atoms with Gasteiger partial charge in [-0.3, -0.25) is 14.6 Å². The number of amides is 1. The van der Waals surface area contributed by atoms with Gasteiger partial charge in [-0.25, -0.2) is 0 Å². The number of benzene rings is 2. The zero-order valence-electron chi connectivity index (χ0n) is 15.2. The second-order valence-electron chi connectivity index (χ2n) is 6.56. The van der Waals surface area contributed by atoms with Crippen molar-refractivity contribution in [2.45, 2.75) is 32.1 Å². The van der Waals surface area contributed by atoms with Gasteiger partial charge < -0.3 is 10.4 Å². The van der Waals surface area contributed by atoms with Crippen LogP contribution in [-0.4, -0.2) is 22.0 Å². The lowest BCUT2D eigenvalue weighted by molar-refractivity contribution is -0.137. The van der Waals surface area contributed by atoms with Gasteiger partial charge in [0.25, 0.3) is 0 Å². The van der Waals surface area contributed by atoms with Gasteiger partial charge in [-0.1, -0.05) is 42.5 Å². The number of nitrogens with zero attached hydrogens (tertiary/aromatic N) is 1. The molecule has 1 heterocycles. The normalized spacial score (nSPS) is 11.9. The minimum absolute atomic E-state index is 0.0920. The zero-order chi connectivity index (χ0) is 19.2. The first-order chi connectivity index (χ1) is 13.1. The van der Waals surface area contributed by atoms with Gasteiger partial charge in [0.05, 0.1) is 5.92 Å². The van der Waals surface area contributed by atoms with Crippen molar-refractivity contribution >= 4 is 28.3 Å². The number of carbonyl (C=O) groups is 2. The average molecular weight is 362 g/mol. The Labute approximate surface area is 158 Å². The first-order valence-corrected chi connectivity index (χ1v) is 8.99. The van der Waals surface area contributed by atoms with E-state index in [1.54, 1.807) is 18.5 Å². The van der Waals surface area contributed by atoms with E-state index in [1.807, 2.05) is 49.4 Å². The van der Waals surface area contributed by atoms with Crippen LogP contribution in [0.1, 0.15) is 36.8 Å². The predicted octanol–water partition coefficient (Wildman–Crippen LogP) is 4.38. The molecule has 0 aliphatic carbocycles. The SMILES string of the molecule is CC(C(=O)Nc1ccncc1CCCC(=O)O)c1cccc2ccccc12. The van der Waals surface area contributed by atoms with Crippen LogP contribution in [0.15, 0.2) is 60.9 Å². The lowest BCUT2D eigenvalue weighted by Gasteiger charge is -2.16. The minimum Gasteiger partial charge on any atom is -0.481 e. The largest absolute Gasteiger partial charge is 0.481 e. The number of carbonyl (C=O) groups excluding carboxylic acids is 1. The molecular weight excluding hydrogens is 340 g/mol. The molecule has 0 fully saturated rings. The smallest absolute Gasteiger partial charge is 0.303 e. The number of carboxylic acid groups (broad SMARTS) is 1. The fraction of sp³-hybridized carbons (Fsp3) is 0.227. The summed E-state index contributed by atoms with van der Waals surface area (Å²) >= 11 is 0. The van der Waals surface area contributed by atoms with E-state index in [1.165, 1.54) is 0 Å². The number of nitrogens with one attached hydrogen (secondary N) is 1. The molecule has 138 valence electrons. The number of hydrogen-bond acceptors (Lipinski definition) is 3. The van der Waals surface area contributed by atoms with Crippen molar-refractivity contribution in [1.82, 2.24) is 4.98 Å². The summed E-state index contributed by atoms with van der Waals surface area (Å²) in [4.78, 5) is 27.7. The van der Waals surface area contributed by atoms with Gasteiger partial charge >= 0.3 is 5.97 Å². The van der Waals surface area contributed by atoms with Gasteiger partial charge in [-0.15, -0.1) is 0 Å². The molecule has 3 aromatic rings. The molecule has 0 saturated carbocycles. The van der Waals surface area contributed by atoms with Crippen LogP contribution in [0.3, 0.4) is 0 Å². The summed E-state index contributed by atoms with van der Waals surface area (Å²) in [6.07, 6.45) is 4.45. The monoisotopic (exact) mass is 362 g/mol. The molecule has 5 nitrogen and oxygen atoms in total. The highest BCUT2D eigenvalue weighted by Gasteiger charge is 2.18. The molecule has 0 saturated heterocycles. The van der Waals surface area contributed by atoms with Crippen molar-refractivity contribution in [3.05, 3.63) is 72.1 Å². The van der Waals surface area contributed by atoms with E-state index < -0.39 is 5.97 Å². The van der Waals surface area contributed by atoms with Crippen molar-refractivity contribution < 1.29 is 14.7 Å². The van der Waals surface area contributed by atoms with E-state index in [2.05, 4.69) is 10.3 Å². The number of aliphatic carboxylic acids is 1. The van der Waals surface area contributed by atoms with E-state index >= 15 is 0 Å². The van der Waals surface area contributed by atoms with Gasteiger partial charge in [-0.05, 0) is 47.7 Å². The second kappa shape index (κ2) is 8.45. The van der Waals surface area contributed by atoms with Crippen molar-refractivity contribution in [2.75, 3.05) is 5.32 Å². The predicted molar refractivity (Wildman–Crippen MR) is 106 cm³/mol. The Hall–Kier alpha value is -3.21. The Balaban J connectivity index is 1.78. The van der Waals surface area contributed by atoms with Crippen LogP contribution in [0.25, 0.3) is 10.8 Å². The summed E-state index contributed by atoms with van der Waals surface area (Å²) in [6, 6.07) is 15.7. The number of rotatable bonds is 7. The van der Waals surface area contributed by atoms with E-state index in [-0.39, 0.29) is 18.2 Å². The molecule has 1 unspecified atom stereocenters. The fourth-order valence-corrected chi connectivity index (χ4v) is 3.19. The number of fused-ring (bicyclic) bond motifs is 1. The highest BCUT2D eigenvalue weighted by atomic mass is 16.4. The summed E-state index contributed by atoms with van der Waals surface area (Å²) in [5.41, 5.74) is 2.51. The number of pyridine rings is 1. The first-order valence-electron chi connectivity index (χ1n) is 8.99. The van der Waals surface area contributed by atoms with E-state index in [4.69, 9.17) is 5.11 Å². The Bertz CT molecular complexity index is 963. The average Bonchev–Trinajstić information content (AvgIpc) is 2.68. The van der Waals surface area contributed by atoms with Gasteiger partial charge in [0.15, 0.2) is 0 Å². The highest BCUT2D eigenvalue weighted by molar-refractivity contribution is 5.99. The summed E-state index contributed by atoms with van der Waals surface area (Å²) in [6.45, 7) is 1.89. The molecule has 5 heteroatoms. The zero-order valence-corrected chi connectivity index (χ0v) is 15.2. The quantitative estimate of drug-likeness (QED) is 0.653. The van der Waals surface area contributed by atoms with Crippen molar-refractivity contribution in [2.24, 2.45) is 0 Å². The topological polar surface area (TPSA) is 79.3 Å². The van der Waals surface area contributed by atoms with Gasteiger partial charge in [0.1, 0.15) is 0 Å². The van der Waals surface area contributed by atoms with Crippen LogP contribution in [0.2, 0.25) is 0 Å². The van der Waals surface area contributed by atoms with E-state index in [9.17, 15) is 9.59 Å². The third kappa shape index (κ3) is 4.50. The fourth-order valence-electron chi connectivity index (χ4n) is 3.19. The highest BCUT2D eigenvalue weighted by Crippen LogP contribution is 2.27. The molecule has 1 amide bonds. The van der Waals surface area contributed by atoms with Crippen LogP contribution >= 0.6 is 0 Å². The first kappa shape index (κ1) is 18.6. The van der Waals surface area contributed by atoms with Gasteiger partial charge in [-0.2, -0.15) is 0 Å². The number of aromatic nitrogens is 1. The van der Waals surface area contributed by atoms with Crippen LogP contribution in [0.4, 0.5) is 5.69 Å². The number of anilines is 1. The third-order valence-corrected chi connectivity index (χ3v) is 4.68. The van der Waals surface area contributed by atoms with Crippen LogP contribution < -0.4 is 5.32 Å². The molecule has 2 aromatic carbocycles. The standard InChI is InChI=1S/C22H22N2O3/c1-15(18-10-4-7-16-6-2-3-9-19(16)18)22(27)24-20-12-13-23-14-17(20)8-5-11-21(25)26/h2-4,6-7,9-10,12-15H,5,8,11H2,1H3,(H,25,26)(H,23,24,27). The van der Waals surface area contributed by atoms with Crippen molar-refractivity contribution in [1.29, 1.82) is 0 Å². The summed E-state index contributed by atoms with van der Waals surface area (Å²) < 4.78 is 0. The van der Waals surface area contributed by atoms with Crippen molar-refractivity contribution in [3.63, 3.8) is 0 Å².